The summed E-state index contributed by atoms with van der Waals surface area (Å²) < 4.78 is 19.8. The Labute approximate surface area is 118 Å². The fraction of sp³-hybridized carbons (Fsp3) is 0.0769. The molecule has 102 valence electrons. The van der Waals surface area contributed by atoms with Crippen LogP contribution in [0, 0.1) is 5.82 Å². The van der Waals surface area contributed by atoms with E-state index in [0.717, 1.165) is 0 Å². The van der Waals surface area contributed by atoms with Crippen molar-refractivity contribution in [2.45, 2.75) is 0 Å². The highest BCUT2D eigenvalue weighted by atomic mass is 35.5. The zero-order valence-electron chi connectivity index (χ0n) is 10.5. The molecule has 0 spiro atoms. The minimum absolute atomic E-state index is 0.217. The summed E-state index contributed by atoms with van der Waals surface area (Å²) in [5, 5.41) is 0.223. The molecule has 1 aromatic carbocycles. The van der Waals surface area contributed by atoms with Gasteiger partial charge >= 0.3 is 0 Å². The first-order valence-corrected chi connectivity index (χ1v) is 6.12. The van der Waals surface area contributed by atoms with Gasteiger partial charge in [0.15, 0.2) is 5.65 Å². The fourth-order valence-electron chi connectivity index (χ4n) is 1.97. The van der Waals surface area contributed by atoms with Crippen LogP contribution < -0.4 is 10.5 Å². The Morgan fingerprint density at radius 2 is 2.05 bits per heavy atom. The van der Waals surface area contributed by atoms with Gasteiger partial charge in [-0.25, -0.2) is 9.37 Å². The van der Waals surface area contributed by atoms with Crippen LogP contribution in [0.2, 0.25) is 5.02 Å². The molecular weight excluding hydrogens is 283 g/mol. The summed E-state index contributed by atoms with van der Waals surface area (Å²) in [6.45, 7) is 0. The molecule has 20 heavy (non-hydrogen) atoms. The van der Waals surface area contributed by atoms with Crippen LogP contribution >= 0.6 is 11.6 Å². The van der Waals surface area contributed by atoms with Gasteiger partial charge in [0.05, 0.1) is 17.8 Å². The molecule has 0 aliphatic carbocycles. The highest BCUT2D eigenvalue weighted by Crippen LogP contribution is 2.28. The molecule has 2 N–H and O–H groups in total. The number of imidazole rings is 1. The van der Waals surface area contributed by atoms with Gasteiger partial charge in [0.25, 0.3) is 0 Å². The van der Waals surface area contributed by atoms with Crippen LogP contribution in [0.5, 0.6) is 5.88 Å². The van der Waals surface area contributed by atoms with Gasteiger partial charge in [-0.15, -0.1) is 0 Å². The quantitative estimate of drug-likeness (QED) is 0.789. The molecule has 0 saturated carbocycles. The number of ether oxygens (including phenoxy) is 1. The second-order valence-corrected chi connectivity index (χ2v) is 4.50. The third-order valence-electron chi connectivity index (χ3n) is 2.86. The monoisotopic (exact) mass is 292 g/mol. The van der Waals surface area contributed by atoms with Gasteiger partial charge in [-0.3, -0.25) is 4.57 Å². The standard InChI is InChI=1S/C13H10ClFN4O/c1-20-11-5-3-9-12(18-11)19(13(16)17-9)10-4-2-7(15)6-8(10)14/h2-6H,1H3,(H2,16,17). The zero-order valence-corrected chi connectivity index (χ0v) is 11.2. The van der Waals surface area contributed by atoms with Crippen molar-refractivity contribution in [3.8, 4) is 11.6 Å². The number of nitrogens with zero attached hydrogens (tertiary/aromatic N) is 3. The number of pyridine rings is 1. The molecule has 3 aromatic rings. The molecule has 0 aliphatic heterocycles. The average Bonchev–Trinajstić information content (AvgIpc) is 2.74. The first-order valence-electron chi connectivity index (χ1n) is 5.74. The molecule has 0 bridgehead atoms. The second kappa shape index (κ2) is 4.64. The number of anilines is 1. The number of methoxy groups -OCH3 is 1. The lowest BCUT2D eigenvalue weighted by Gasteiger charge is -2.08. The molecule has 0 saturated heterocycles. The van der Waals surface area contributed by atoms with Gasteiger partial charge < -0.3 is 10.5 Å². The van der Waals surface area contributed by atoms with E-state index in [1.807, 2.05) is 0 Å². The van der Waals surface area contributed by atoms with Crippen molar-refractivity contribution >= 4 is 28.7 Å². The van der Waals surface area contributed by atoms with Crippen molar-refractivity contribution in [3.05, 3.63) is 41.2 Å². The molecule has 2 aromatic heterocycles. The van der Waals surface area contributed by atoms with Gasteiger partial charge in [0.1, 0.15) is 11.3 Å². The van der Waals surface area contributed by atoms with Crippen molar-refractivity contribution in [2.75, 3.05) is 12.8 Å². The zero-order chi connectivity index (χ0) is 14.3. The number of aromatic nitrogens is 3. The van der Waals surface area contributed by atoms with E-state index < -0.39 is 5.82 Å². The maximum Gasteiger partial charge on any atom is 0.215 e. The average molecular weight is 293 g/mol. The molecule has 3 rings (SSSR count). The van der Waals surface area contributed by atoms with Crippen molar-refractivity contribution < 1.29 is 9.13 Å². The van der Waals surface area contributed by atoms with Gasteiger partial charge in [-0.1, -0.05) is 11.6 Å². The lowest BCUT2D eigenvalue weighted by Crippen LogP contribution is -2.02. The summed E-state index contributed by atoms with van der Waals surface area (Å²) in [5.41, 5.74) is 7.51. The van der Waals surface area contributed by atoms with Crippen LogP contribution in [0.4, 0.5) is 10.3 Å². The number of rotatable bonds is 2. The van der Waals surface area contributed by atoms with Crippen LogP contribution in [-0.2, 0) is 0 Å². The molecule has 0 radical (unpaired) electrons. The highest BCUT2D eigenvalue weighted by molar-refractivity contribution is 6.32. The first kappa shape index (κ1) is 12.7. The molecule has 0 amide bonds. The Balaban J connectivity index is 2.31. The molecule has 0 unspecified atom stereocenters. The van der Waals surface area contributed by atoms with E-state index in [9.17, 15) is 4.39 Å². The van der Waals surface area contributed by atoms with E-state index in [1.54, 1.807) is 16.7 Å². The van der Waals surface area contributed by atoms with E-state index >= 15 is 0 Å². The topological polar surface area (TPSA) is 66.0 Å². The minimum Gasteiger partial charge on any atom is -0.481 e. The summed E-state index contributed by atoms with van der Waals surface area (Å²) in [6, 6.07) is 7.46. The molecule has 0 fully saturated rings. The number of benzene rings is 1. The maximum absolute atomic E-state index is 13.1. The summed E-state index contributed by atoms with van der Waals surface area (Å²) in [7, 11) is 1.52. The van der Waals surface area contributed by atoms with E-state index in [4.69, 9.17) is 22.1 Å². The predicted molar refractivity (Wildman–Crippen MR) is 74.8 cm³/mol. The summed E-state index contributed by atoms with van der Waals surface area (Å²) >= 11 is 6.06. The Kier molecular flexibility index (Phi) is 2.94. The molecule has 0 aliphatic rings. The highest BCUT2D eigenvalue weighted by Gasteiger charge is 2.15. The number of fused-ring (bicyclic) bond motifs is 1. The predicted octanol–water partition coefficient (Wildman–Crippen LogP) is 2.80. The molecule has 5 nitrogen and oxygen atoms in total. The number of hydrogen-bond acceptors (Lipinski definition) is 4. The van der Waals surface area contributed by atoms with Gasteiger partial charge in [0.2, 0.25) is 11.8 Å². The number of hydrogen-bond donors (Lipinski definition) is 1. The Hall–Kier alpha value is -2.34. The second-order valence-electron chi connectivity index (χ2n) is 4.10. The molecule has 7 heteroatoms. The largest absolute Gasteiger partial charge is 0.481 e. The van der Waals surface area contributed by atoms with Crippen molar-refractivity contribution in [1.29, 1.82) is 0 Å². The van der Waals surface area contributed by atoms with Crippen LogP contribution in [-0.4, -0.2) is 21.6 Å². The SMILES string of the molecule is COc1ccc2nc(N)n(-c3ccc(F)cc3Cl)c2n1. The van der Waals surface area contributed by atoms with Crippen molar-refractivity contribution in [1.82, 2.24) is 14.5 Å². The number of nitrogens with two attached hydrogens (primary N) is 1. The first-order chi connectivity index (χ1) is 9.60. The van der Waals surface area contributed by atoms with E-state index in [-0.39, 0.29) is 11.0 Å². The van der Waals surface area contributed by atoms with E-state index in [1.165, 1.54) is 25.3 Å². The molecule has 0 atom stereocenters. The summed E-state index contributed by atoms with van der Waals surface area (Å²) in [6.07, 6.45) is 0. The van der Waals surface area contributed by atoms with E-state index in [2.05, 4.69) is 9.97 Å². The summed E-state index contributed by atoms with van der Waals surface area (Å²) in [4.78, 5) is 8.50. The lowest BCUT2D eigenvalue weighted by molar-refractivity contribution is 0.399. The van der Waals surface area contributed by atoms with Crippen LogP contribution in [0.15, 0.2) is 30.3 Å². The van der Waals surface area contributed by atoms with Crippen LogP contribution in [0.1, 0.15) is 0 Å². The van der Waals surface area contributed by atoms with Gasteiger partial charge in [-0.05, 0) is 24.3 Å². The van der Waals surface area contributed by atoms with E-state index in [0.29, 0.717) is 22.7 Å². The van der Waals surface area contributed by atoms with Crippen molar-refractivity contribution in [3.63, 3.8) is 0 Å². The van der Waals surface area contributed by atoms with Crippen LogP contribution in [0.25, 0.3) is 16.9 Å². The van der Waals surface area contributed by atoms with Crippen LogP contribution in [0.3, 0.4) is 0 Å². The van der Waals surface area contributed by atoms with Gasteiger partial charge in [-0.2, -0.15) is 4.98 Å². The minimum atomic E-state index is -0.424. The Morgan fingerprint density at radius 1 is 1.25 bits per heavy atom. The molecular formula is C13H10ClFN4O. The normalized spacial score (nSPS) is 10.9. The molecule has 2 heterocycles. The summed E-state index contributed by atoms with van der Waals surface area (Å²) in [5.74, 6) is 0.221. The Morgan fingerprint density at radius 3 is 2.75 bits per heavy atom. The third kappa shape index (κ3) is 1.94. The third-order valence-corrected chi connectivity index (χ3v) is 3.17. The number of nitrogen functional groups attached to an aromatic ring is 1. The smallest absolute Gasteiger partial charge is 0.215 e. The Bertz CT molecular complexity index is 802. The fourth-order valence-corrected chi connectivity index (χ4v) is 2.22. The maximum atomic E-state index is 13.1. The van der Waals surface area contributed by atoms with Crippen molar-refractivity contribution in [2.24, 2.45) is 0 Å². The van der Waals surface area contributed by atoms with Gasteiger partial charge in [0, 0.05) is 6.07 Å². The lowest BCUT2D eigenvalue weighted by atomic mass is 10.3. The number of halogens is 2.